The maximum atomic E-state index is 13.2. The lowest BCUT2D eigenvalue weighted by Crippen LogP contribution is -2.46. The second-order valence-corrected chi connectivity index (χ2v) is 9.57. The molecule has 0 aromatic heterocycles. The average Bonchev–Trinajstić information content (AvgIpc) is 3.45. The van der Waals surface area contributed by atoms with Crippen LogP contribution in [0.25, 0.3) is 0 Å². The van der Waals surface area contributed by atoms with Crippen LogP contribution < -0.4 is 5.32 Å². The van der Waals surface area contributed by atoms with Crippen molar-refractivity contribution in [2.45, 2.75) is 33.2 Å². The lowest BCUT2D eigenvalue weighted by atomic mass is 9.63. The van der Waals surface area contributed by atoms with E-state index in [1.54, 1.807) is 6.92 Å². The fourth-order valence-corrected chi connectivity index (χ4v) is 6.07. The quantitative estimate of drug-likeness (QED) is 0.575. The van der Waals surface area contributed by atoms with Crippen LogP contribution >= 0.6 is 15.9 Å². The molecule has 146 valence electrons. The normalized spacial score (nSPS) is 35.6. The Hall–Kier alpha value is -1.95. The van der Waals surface area contributed by atoms with Gasteiger partial charge in [-0.2, -0.15) is 0 Å². The molecule has 7 atom stereocenters. The summed E-state index contributed by atoms with van der Waals surface area (Å²) in [7, 11) is 0. The summed E-state index contributed by atoms with van der Waals surface area (Å²) in [4.78, 5) is 40.5. The van der Waals surface area contributed by atoms with Gasteiger partial charge in [0, 0.05) is 10.2 Å². The highest BCUT2D eigenvalue weighted by Crippen LogP contribution is 2.65. The molecule has 1 saturated heterocycles. The van der Waals surface area contributed by atoms with E-state index in [0.717, 1.165) is 22.0 Å². The number of hydrogen-bond acceptors (Lipinski definition) is 3. The third-order valence-electron chi connectivity index (χ3n) is 7.44. The fraction of sp³-hybridized carbons (Fsp3) is 0.500. The molecule has 6 rings (SSSR count). The molecule has 3 fully saturated rings. The molecular formula is C22H23BrN2O3. The van der Waals surface area contributed by atoms with Crippen molar-refractivity contribution < 1.29 is 14.4 Å². The lowest BCUT2D eigenvalue weighted by Gasteiger charge is -2.37. The molecule has 5 nitrogen and oxygen atoms in total. The summed E-state index contributed by atoms with van der Waals surface area (Å²) in [5, 5.41) is 2.91. The highest BCUT2D eigenvalue weighted by Gasteiger charge is 2.67. The van der Waals surface area contributed by atoms with Gasteiger partial charge in [0.05, 0.1) is 11.8 Å². The predicted octanol–water partition coefficient (Wildman–Crippen LogP) is 3.45. The van der Waals surface area contributed by atoms with E-state index in [1.165, 1.54) is 4.90 Å². The zero-order valence-corrected chi connectivity index (χ0v) is 17.7. The number of benzene rings is 1. The molecule has 6 heteroatoms. The Kier molecular flexibility index (Phi) is 3.89. The van der Waals surface area contributed by atoms with Gasteiger partial charge in [-0.1, -0.05) is 28.1 Å². The SMILES string of the molecule is Cc1c(Br)ccc(NC(=O)[C@H](C)N2C(=O)[C@@H]3[C@@H]4C=C[C@H]([C@H]5C[C@H]45)[C@@H]3C2=O)c1C. The molecule has 1 aromatic rings. The summed E-state index contributed by atoms with van der Waals surface area (Å²) in [5.74, 6) is 0.293. The second kappa shape index (κ2) is 6.02. The Balaban J connectivity index is 1.38. The molecule has 2 saturated carbocycles. The van der Waals surface area contributed by atoms with Crippen LogP contribution in [-0.2, 0) is 14.4 Å². The highest BCUT2D eigenvalue weighted by molar-refractivity contribution is 9.10. The van der Waals surface area contributed by atoms with E-state index >= 15 is 0 Å². The van der Waals surface area contributed by atoms with Crippen molar-refractivity contribution in [1.82, 2.24) is 4.90 Å². The van der Waals surface area contributed by atoms with E-state index in [0.29, 0.717) is 17.5 Å². The van der Waals surface area contributed by atoms with Crippen LogP contribution in [0, 0.1) is 49.4 Å². The first kappa shape index (κ1) is 18.1. The Bertz CT molecular complexity index is 919. The number of halogens is 1. The van der Waals surface area contributed by atoms with Gasteiger partial charge in [0.1, 0.15) is 6.04 Å². The summed E-state index contributed by atoms with van der Waals surface area (Å²) >= 11 is 3.49. The number of imide groups is 1. The Morgan fingerprint density at radius 1 is 1.07 bits per heavy atom. The third-order valence-corrected chi connectivity index (χ3v) is 8.30. The predicted molar refractivity (Wildman–Crippen MR) is 108 cm³/mol. The molecule has 1 heterocycles. The molecule has 1 aliphatic heterocycles. The molecule has 2 bridgehead atoms. The Morgan fingerprint density at radius 3 is 2.21 bits per heavy atom. The van der Waals surface area contributed by atoms with Crippen LogP contribution in [0.5, 0.6) is 0 Å². The van der Waals surface area contributed by atoms with E-state index in [2.05, 4.69) is 33.4 Å². The first-order valence-corrected chi connectivity index (χ1v) is 10.7. The summed E-state index contributed by atoms with van der Waals surface area (Å²) < 4.78 is 0.978. The van der Waals surface area contributed by atoms with Gasteiger partial charge in [-0.25, -0.2) is 0 Å². The standard InChI is InChI=1S/C22H23BrN2O3/c1-9-10(2)17(7-6-16(9)23)24-20(26)11(3)25-21(27)18-12-4-5-13(15-8-14(12)15)19(18)22(25)28/h4-7,11-15,18-19H,8H2,1-3H3,(H,24,26)/t11-,12+,13+,14+,15+,18-,19+/m0/s1. The lowest BCUT2D eigenvalue weighted by molar-refractivity contribution is -0.146. The van der Waals surface area contributed by atoms with Gasteiger partial charge in [0.25, 0.3) is 0 Å². The van der Waals surface area contributed by atoms with Gasteiger partial charge < -0.3 is 5.32 Å². The Labute approximate surface area is 172 Å². The van der Waals surface area contributed by atoms with Gasteiger partial charge in [-0.3, -0.25) is 19.3 Å². The van der Waals surface area contributed by atoms with Gasteiger partial charge in [-0.15, -0.1) is 0 Å². The molecule has 1 N–H and O–H groups in total. The molecule has 5 aliphatic rings. The maximum absolute atomic E-state index is 13.2. The van der Waals surface area contributed by atoms with Crippen LogP contribution in [0.1, 0.15) is 24.5 Å². The van der Waals surface area contributed by atoms with E-state index < -0.39 is 6.04 Å². The number of likely N-dealkylation sites (tertiary alicyclic amines) is 1. The van der Waals surface area contributed by atoms with E-state index in [1.807, 2.05) is 26.0 Å². The van der Waals surface area contributed by atoms with Crippen LogP contribution in [0.3, 0.4) is 0 Å². The van der Waals surface area contributed by atoms with Crippen molar-refractivity contribution in [3.8, 4) is 0 Å². The van der Waals surface area contributed by atoms with Gasteiger partial charge in [0.2, 0.25) is 17.7 Å². The fourth-order valence-electron chi connectivity index (χ4n) is 5.64. The van der Waals surface area contributed by atoms with Crippen LogP contribution in [0.4, 0.5) is 5.69 Å². The first-order chi connectivity index (χ1) is 13.3. The minimum Gasteiger partial charge on any atom is -0.324 e. The van der Waals surface area contributed by atoms with E-state index in [4.69, 9.17) is 0 Å². The molecule has 0 unspecified atom stereocenters. The van der Waals surface area contributed by atoms with Crippen molar-refractivity contribution in [3.63, 3.8) is 0 Å². The smallest absolute Gasteiger partial charge is 0.247 e. The number of carbonyl (C=O) groups excluding carboxylic acids is 3. The molecule has 3 amide bonds. The van der Waals surface area contributed by atoms with Crippen LogP contribution in [0.2, 0.25) is 0 Å². The second-order valence-electron chi connectivity index (χ2n) is 8.71. The number of rotatable bonds is 3. The van der Waals surface area contributed by atoms with Gasteiger partial charge in [-0.05, 0) is 74.1 Å². The summed E-state index contributed by atoms with van der Waals surface area (Å²) in [6.07, 6.45) is 5.43. The topological polar surface area (TPSA) is 66.5 Å². The number of amides is 3. The van der Waals surface area contributed by atoms with Crippen molar-refractivity contribution >= 4 is 39.3 Å². The largest absolute Gasteiger partial charge is 0.324 e. The Morgan fingerprint density at radius 2 is 1.64 bits per heavy atom. The summed E-state index contributed by atoms with van der Waals surface area (Å²) in [6.45, 7) is 5.57. The molecule has 0 spiro atoms. The maximum Gasteiger partial charge on any atom is 0.247 e. The monoisotopic (exact) mass is 442 g/mol. The minimum absolute atomic E-state index is 0.161. The zero-order chi connectivity index (χ0) is 19.9. The summed E-state index contributed by atoms with van der Waals surface area (Å²) in [6, 6.07) is 2.91. The molecule has 1 aromatic carbocycles. The number of nitrogens with zero attached hydrogens (tertiary/aromatic N) is 1. The number of anilines is 1. The average molecular weight is 443 g/mol. The van der Waals surface area contributed by atoms with Crippen molar-refractivity contribution in [3.05, 3.63) is 39.9 Å². The minimum atomic E-state index is -0.815. The van der Waals surface area contributed by atoms with Crippen molar-refractivity contribution in [1.29, 1.82) is 0 Å². The highest BCUT2D eigenvalue weighted by atomic mass is 79.9. The van der Waals surface area contributed by atoms with E-state index in [-0.39, 0.29) is 41.4 Å². The first-order valence-electron chi connectivity index (χ1n) is 9.93. The number of carbonyl (C=O) groups is 3. The molecule has 4 aliphatic carbocycles. The number of hydrogen-bond donors (Lipinski definition) is 1. The molecular weight excluding hydrogens is 420 g/mol. The van der Waals surface area contributed by atoms with Crippen molar-refractivity contribution in [2.75, 3.05) is 5.32 Å². The van der Waals surface area contributed by atoms with Crippen molar-refractivity contribution in [2.24, 2.45) is 35.5 Å². The molecule has 28 heavy (non-hydrogen) atoms. The summed E-state index contributed by atoms with van der Waals surface area (Å²) in [5.41, 5.74) is 2.72. The van der Waals surface area contributed by atoms with Crippen LogP contribution in [-0.4, -0.2) is 28.7 Å². The van der Waals surface area contributed by atoms with Gasteiger partial charge in [0.15, 0.2) is 0 Å². The zero-order valence-electron chi connectivity index (χ0n) is 16.1. The van der Waals surface area contributed by atoms with Gasteiger partial charge >= 0.3 is 0 Å². The number of nitrogens with one attached hydrogen (secondary N) is 1. The van der Waals surface area contributed by atoms with Crippen LogP contribution in [0.15, 0.2) is 28.8 Å². The molecule has 0 radical (unpaired) electrons. The van der Waals surface area contributed by atoms with E-state index in [9.17, 15) is 14.4 Å². The third kappa shape index (κ3) is 2.33. The number of allylic oxidation sites excluding steroid dienone is 2.